The molecule has 0 aliphatic carbocycles. The molecular formula is C13H14N4O. The van der Waals surface area contributed by atoms with Gasteiger partial charge in [-0.1, -0.05) is 12.1 Å². The average molecular weight is 242 g/mol. The zero-order chi connectivity index (χ0) is 12.8. The van der Waals surface area contributed by atoms with Crippen LogP contribution in [0.1, 0.15) is 15.9 Å². The molecule has 0 radical (unpaired) electrons. The van der Waals surface area contributed by atoms with Gasteiger partial charge >= 0.3 is 0 Å². The maximum atomic E-state index is 11.9. The van der Waals surface area contributed by atoms with Gasteiger partial charge in [-0.05, 0) is 24.7 Å². The molecule has 2 N–H and O–H groups in total. The number of hydrogen-bond acceptors (Lipinski definition) is 4. The fourth-order valence-electron chi connectivity index (χ4n) is 1.58. The molecule has 5 heteroatoms. The second-order valence-electron chi connectivity index (χ2n) is 3.81. The zero-order valence-corrected chi connectivity index (χ0v) is 10.1. The van der Waals surface area contributed by atoms with Gasteiger partial charge in [-0.15, -0.1) is 0 Å². The van der Waals surface area contributed by atoms with Crippen LogP contribution in [0.2, 0.25) is 0 Å². The number of nitrogens with zero attached hydrogens (tertiary/aromatic N) is 2. The highest BCUT2D eigenvalue weighted by atomic mass is 16.1. The van der Waals surface area contributed by atoms with Crippen LogP contribution < -0.4 is 10.6 Å². The van der Waals surface area contributed by atoms with Gasteiger partial charge in [-0.3, -0.25) is 4.79 Å². The van der Waals surface area contributed by atoms with Crippen LogP contribution in [0, 0.1) is 0 Å². The minimum Gasteiger partial charge on any atom is -0.322 e. The minimum atomic E-state index is -0.211. The molecule has 0 atom stereocenters. The van der Waals surface area contributed by atoms with Crippen molar-refractivity contribution in [2.24, 2.45) is 0 Å². The van der Waals surface area contributed by atoms with E-state index in [1.807, 2.05) is 31.3 Å². The molecule has 2 aromatic rings. The SMILES string of the molecule is CNCc1cccc(NC(=O)c2cncnc2)c1. The third-order valence-corrected chi connectivity index (χ3v) is 2.39. The summed E-state index contributed by atoms with van der Waals surface area (Å²) in [4.78, 5) is 19.5. The summed E-state index contributed by atoms with van der Waals surface area (Å²) in [5.74, 6) is -0.211. The molecular weight excluding hydrogens is 228 g/mol. The molecule has 1 aromatic carbocycles. The van der Waals surface area contributed by atoms with Crippen molar-refractivity contribution in [3.63, 3.8) is 0 Å². The van der Waals surface area contributed by atoms with Crippen molar-refractivity contribution < 1.29 is 4.79 Å². The van der Waals surface area contributed by atoms with E-state index in [9.17, 15) is 4.79 Å². The van der Waals surface area contributed by atoms with Crippen LogP contribution in [0.3, 0.4) is 0 Å². The first-order valence-corrected chi connectivity index (χ1v) is 5.59. The second kappa shape index (κ2) is 5.88. The molecule has 92 valence electrons. The largest absolute Gasteiger partial charge is 0.322 e. The Kier molecular flexibility index (Phi) is 3.98. The molecule has 0 saturated carbocycles. The Labute approximate surface area is 105 Å². The first-order chi connectivity index (χ1) is 8.79. The monoisotopic (exact) mass is 242 g/mol. The highest BCUT2D eigenvalue weighted by Gasteiger charge is 2.06. The lowest BCUT2D eigenvalue weighted by molar-refractivity contribution is 0.102. The summed E-state index contributed by atoms with van der Waals surface area (Å²) in [7, 11) is 1.88. The molecule has 2 rings (SSSR count). The summed E-state index contributed by atoms with van der Waals surface area (Å²) in [6.45, 7) is 0.762. The third kappa shape index (κ3) is 3.11. The number of benzene rings is 1. The van der Waals surface area contributed by atoms with E-state index in [0.29, 0.717) is 5.56 Å². The van der Waals surface area contributed by atoms with Crippen molar-refractivity contribution in [3.05, 3.63) is 54.1 Å². The number of aromatic nitrogens is 2. The van der Waals surface area contributed by atoms with Crippen LogP contribution in [0.4, 0.5) is 5.69 Å². The number of amides is 1. The molecule has 0 bridgehead atoms. The minimum absolute atomic E-state index is 0.211. The lowest BCUT2D eigenvalue weighted by Gasteiger charge is -2.06. The Bertz CT molecular complexity index is 528. The van der Waals surface area contributed by atoms with Crippen LogP contribution in [0.15, 0.2) is 43.0 Å². The Morgan fingerprint density at radius 2 is 2.06 bits per heavy atom. The van der Waals surface area contributed by atoms with E-state index in [1.165, 1.54) is 18.7 Å². The van der Waals surface area contributed by atoms with Gasteiger partial charge in [-0.25, -0.2) is 9.97 Å². The molecule has 0 unspecified atom stereocenters. The smallest absolute Gasteiger partial charge is 0.258 e. The molecule has 1 aromatic heterocycles. The van der Waals surface area contributed by atoms with E-state index in [4.69, 9.17) is 0 Å². The highest BCUT2D eigenvalue weighted by Crippen LogP contribution is 2.11. The summed E-state index contributed by atoms with van der Waals surface area (Å²) in [5.41, 5.74) is 2.31. The van der Waals surface area contributed by atoms with Crippen LogP contribution in [-0.4, -0.2) is 22.9 Å². The fourth-order valence-corrected chi connectivity index (χ4v) is 1.58. The van der Waals surface area contributed by atoms with E-state index in [1.54, 1.807) is 0 Å². The molecule has 0 spiro atoms. The van der Waals surface area contributed by atoms with Crippen LogP contribution in [0.25, 0.3) is 0 Å². The number of anilines is 1. The van der Waals surface area contributed by atoms with Crippen molar-refractivity contribution >= 4 is 11.6 Å². The quantitative estimate of drug-likeness (QED) is 0.851. The Hall–Kier alpha value is -2.27. The van der Waals surface area contributed by atoms with Crippen molar-refractivity contribution in [1.82, 2.24) is 15.3 Å². The molecule has 0 aliphatic heterocycles. The number of carbonyl (C=O) groups is 1. The summed E-state index contributed by atoms with van der Waals surface area (Å²) in [5, 5.41) is 5.87. The fraction of sp³-hybridized carbons (Fsp3) is 0.154. The topological polar surface area (TPSA) is 66.9 Å². The molecule has 0 aliphatic rings. The van der Waals surface area contributed by atoms with E-state index >= 15 is 0 Å². The first kappa shape index (κ1) is 12.2. The lowest BCUT2D eigenvalue weighted by Crippen LogP contribution is -2.13. The number of rotatable bonds is 4. The van der Waals surface area contributed by atoms with Crippen molar-refractivity contribution in [1.29, 1.82) is 0 Å². The molecule has 18 heavy (non-hydrogen) atoms. The average Bonchev–Trinajstić information content (AvgIpc) is 2.40. The standard InChI is InChI=1S/C13H14N4O/c1-14-6-10-3-2-4-12(5-10)17-13(18)11-7-15-9-16-8-11/h2-5,7-9,14H,6H2,1H3,(H,17,18). The van der Waals surface area contributed by atoms with Gasteiger partial charge in [0.2, 0.25) is 0 Å². The molecule has 0 saturated heterocycles. The van der Waals surface area contributed by atoms with Crippen LogP contribution in [-0.2, 0) is 6.54 Å². The maximum Gasteiger partial charge on any atom is 0.258 e. The first-order valence-electron chi connectivity index (χ1n) is 5.59. The molecule has 1 amide bonds. The molecule has 5 nitrogen and oxygen atoms in total. The van der Waals surface area contributed by atoms with Gasteiger partial charge in [0.05, 0.1) is 5.56 Å². The Morgan fingerprint density at radius 3 is 2.78 bits per heavy atom. The molecule has 0 fully saturated rings. The van der Waals surface area contributed by atoms with Gasteiger partial charge in [0, 0.05) is 24.6 Å². The van der Waals surface area contributed by atoms with Gasteiger partial charge in [0.1, 0.15) is 6.33 Å². The van der Waals surface area contributed by atoms with Gasteiger partial charge in [0.25, 0.3) is 5.91 Å². The summed E-state index contributed by atoms with van der Waals surface area (Å²) < 4.78 is 0. The van der Waals surface area contributed by atoms with Crippen LogP contribution >= 0.6 is 0 Å². The van der Waals surface area contributed by atoms with Gasteiger partial charge < -0.3 is 10.6 Å². The Morgan fingerprint density at radius 1 is 1.28 bits per heavy atom. The van der Waals surface area contributed by atoms with E-state index in [2.05, 4.69) is 20.6 Å². The number of hydrogen-bond donors (Lipinski definition) is 2. The summed E-state index contributed by atoms with van der Waals surface area (Å²) in [6, 6.07) is 7.68. The van der Waals surface area contributed by atoms with Gasteiger partial charge in [0.15, 0.2) is 0 Å². The normalized spacial score (nSPS) is 10.1. The summed E-state index contributed by atoms with van der Waals surface area (Å²) in [6.07, 6.45) is 4.36. The molecule has 1 heterocycles. The van der Waals surface area contributed by atoms with Crippen molar-refractivity contribution in [2.45, 2.75) is 6.54 Å². The predicted octanol–water partition coefficient (Wildman–Crippen LogP) is 1.45. The zero-order valence-electron chi connectivity index (χ0n) is 10.1. The Balaban J connectivity index is 2.10. The third-order valence-electron chi connectivity index (χ3n) is 2.39. The second-order valence-corrected chi connectivity index (χ2v) is 3.81. The number of carbonyl (C=O) groups excluding carboxylic acids is 1. The van der Waals surface area contributed by atoms with E-state index < -0.39 is 0 Å². The summed E-state index contributed by atoms with van der Waals surface area (Å²) >= 11 is 0. The van der Waals surface area contributed by atoms with Crippen molar-refractivity contribution in [2.75, 3.05) is 12.4 Å². The van der Waals surface area contributed by atoms with Gasteiger partial charge in [-0.2, -0.15) is 0 Å². The van der Waals surface area contributed by atoms with E-state index in [-0.39, 0.29) is 5.91 Å². The van der Waals surface area contributed by atoms with Crippen LogP contribution in [0.5, 0.6) is 0 Å². The predicted molar refractivity (Wildman–Crippen MR) is 69.2 cm³/mol. The van der Waals surface area contributed by atoms with Crippen molar-refractivity contribution in [3.8, 4) is 0 Å². The lowest BCUT2D eigenvalue weighted by atomic mass is 10.2. The number of nitrogens with one attached hydrogen (secondary N) is 2. The maximum absolute atomic E-state index is 11.9. The highest BCUT2D eigenvalue weighted by molar-refractivity contribution is 6.03. The van der Waals surface area contributed by atoms with E-state index in [0.717, 1.165) is 17.8 Å².